The largest absolute Gasteiger partial charge is 0.389 e. The fourth-order valence-electron chi connectivity index (χ4n) is 9.02. The highest BCUT2D eigenvalue weighted by atomic mass is 32.1. The van der Waals surface area contributed by atoms with Crippen LogP contribution in [-0.2, 0) is 18.3 Å². The first kappa shape index (κ1) is 31.7. The van der Waals surface area contributed by atoms with Gasteiger partial charge in [0, 0.05) is 34.8 Å². The van der Waals surface area contributed by atoms with Crippen LogP contribution in [0.25, 0.3) is 22.6 Å². The number of anilines is 3. The summed E-state index contributed by atoms with van der Waals surface area (Å²) in [5.74, 6) is 2.63. The van der Waals surface area contributed by atoms with Gasteiger partial charge in [0.2, 0.25) is 0 Å². The van der Waals surface area contributed by atoms with E-state index in [1.807, 2.05) is 18.3 Å². The number of nitriles is 1. The zero-order chi connectivity index (χ0) is 34.0. The molecule has 1 aliphatic heterocycles. The highest BCUT2D eigenvalue weighted by molar-refractivity contribution is 7.16. The Labute approximate surface area is 290 Å². The summed E-state index contributed by atoms with van der Waals surface area (Å²) in [6.45, 7) is 8.24. The molecule has 5 aromatic rings. The molecule has 13 heteroatoms. The second-order valence-corrected chi connectivity index (χ2v) is 15.1. The summed E-state index contributed by atoms with van der Waals surface area (Å²) in [4.78, 5) is 20.8. The number of hydrogen-bond acceptors (Lipinski definition) is 12. The number of fused-ring (bicyclic) bond motifs is 5. The normalized spacial score (nSPS) is 21.8. The number of aromatic nitrogens is 6. The average molecular weight is 678 g/mol. The van der Waals surface area contributed by atoms with Crippen LogP contribution < -0.4 is 16.4 Å². The molecule has 0 bridgehead atoms. The molecule has 0 unspecified atom stereocenters. The van der Waals surface area contributed by atoms with Crippen molar-refractivity contribution >= 4 is 39.0 Å². The summed E-state index contributed by atoms with van der Waals surface area (Å²) < 4.78 is 8.45. The zero-order valence-corrected chi connectivity index (χ0v) is 29.4. The van der Waals surface area contributed by atoms with Crippen LogP contribution in [0.3, 0.4) is 0 Å². The Kier molecular flexibility index (Phi) is 7.83. The van der Waals surface area contributed by atoms with Crippen molar-refractivity contribution in [3.8, 4) is 17.6 Å². The maximum atomic E-state index is 10.2. The third-order valence-corrected chi connectivity index (χ3v) is 12.5. The molecule has 6 heterocycles. The van der Waals surface area contributed by atoms with E-state index in [1.54, 1.807) is 17.5 Å². The van der Waals surface area contributed by atoms with Crippen LogP contribution in [0.5, 0.6) is 0 Å². The number of aryl methyl sites for hydroxylation is 1. The first-order valence-corrected chi connectivity index (χ1v) is 18.3. The van der Waals surface area contributed by atoms with E-state index in [-0.39, 0.29) is 12.1 Å². The fraction of sp³-hybridized carbons (Fsp3) is 0.500. The molecule has 0 radical (unpaired) electrons. The van der Waals surface area contributed by atoms with Gasteiger partial charge in [0.05, 0.1) is 34.6 Å². The van der Waals surface area contributed by atoms with Gasteiger partial charge in [-0.3, -0.25) is 0 Å². The number of nitrogens with zero attached hydrogens (tertiary/aromatic N) is 9. The summed E-state index contributed by atoms with van der Waals surface area (Å²) in [6.07, 6.45) is 11.4. The summed E-state index contributed by atoms with van der Waals surface area (Å²) in [7, 11) is 2.19. The number of likely N-dealkylation sites (tertiary alicyclic amines) is 1. The van der Waals surface area contributed by atoms with Crippen molar-refractivity contribution in [2.24, 2.45) is 0 Å². The van der Waals surface area contributed by atoms with E-state index in [0.717, 1.165) is 90.8 Å². The van der Waals surface area contributed by atoms with E-state index in [2.05, 4.69) is 53.4 Å². The summed E-state index contributed by atoms with van der Waals surface area (Å²) in [5.41, 5.74) is 17.4. The molecule has 5 aromatic heterocycles. The fourth-order valence-corrected chi connectivity index (χ4v) is 10.2. The first-order chi connectivity index (χ1) is 23.8. The van der Waals surface area contributed by atoms with Gasteiger partial charge in [-0.15, -0.1) is 11.3 Å². The Balaban J connectivity index is 1.31. The maximum Gasteiger partial charge on any atom is 0.186 e. The Hall–Kier alpha value is -4.54. The molecule has 0 saturated carbocycles. The van der Waals surface area contributed by atoms with Gasteiger partial charge in [0.1, 0.15) is 22.7 Å². The van der Waals surface area contributed by atoms with Crippen molar-refractivity contribution in [3.05, 3.63) is 57.4 Å². The molecule has 0 aromatic carbocycles. The van der Waals surface area contributed by atoms with Crippen molar-refractivity contribution < 1.29 is 4.52 Å². The number of hydrogen-bond donors (Lipinski definition) is 2. The van der Waals surface area contributed by atoms with E-state index < -0.39 is 5.41 Å². The van der Waals surface area contributed by atoms with E-state index >= 15 is 0 Å². The lowest BCUT2D eigenvalue weighted by Gasteiger charge is -2.39. The minimum Gasteiger partial charge on any atom is -0.389 e. The van der Waals surface area contributed by atoms with Crippen LogP contribution in [-0.4, -0.2) is 61.0 Å². The zero-order valence-electron chi connectivity index (χ0n) is 28.6. The molecule has 1 spiro atoms. The number of likely N-dealkylation sites (N-methyl/N-ethyl adjacent to an activating group) is 1. The Morgan fingerprint density at radius 3 is 2.73 bits per heavy atom. The van der Waals surface area contributed by atoms with Crippen molar-refractivity contribution in [3.63, 3.8) is 0 Å². The first-order valence-electron chi connectivity index (χ1n) is 17.5. The van der Waals surface area contributed by atoms with Gasteiger partial charge in [0.15, 0.2) is 22.9 Å². The Morgan fingerprint density at radius 1 is 1.18 bits per heavy atom. The monoisotopic (exact) mass is 677 g/mol. The Morgan fingerprint density at radius 2 is 2.00 bits per heavy atom. The van der Waals surface area contributed by atoms with E-state index in [4.69, 9.17) is 36.2 Å². The number of nitrogen functional groups attached to an aromatic ring is 2. The topological polar surface area (TPSA) is 165 Å². The molecule has 4 N–H and O–H groups in total. The van der Waals surface area contributed by atoms with Crippen molar-refractivity contribution in [2.45, 2.75) is 95.7 Å². The molecule has 8 rings (SSSR count). The Bertz CT molecular complexity index is 2090. The lowest BCUT2D eigenvalue weighted by atomic mass is 9.63. The predicted octanol–water partition coefficient (Wildman–Crippen LogP) is 6.18. The van der Waals surface area contributed by atoms with Gasteiger partial charge in [-0.2, -0.15) is 10.4 Å². The van der Waals surface area contributed by atoms with Gasteiger partial charge in [0.25, 0.3) is 0 Å². The maximum absolute atomic E-state index is 10.2. The van der Waals surface area contributed by atoms with Crippen molar-refractivity contribution in [1.29, 1.82) is 5.26 Å². The quantitative estimate of drug-likeness (QED) is 0.202. The standard InChI is InChI=1S/C36H43N11OS/c1-5-46(20(2)22-11-8-16-40-31(22)38)34-25-19-41-47(21(3)26-12-9-17-45(26)4)35(25)43-33(42-34)29-23-10-6-14-36(30(23)48-44-29)15-7-13-27-28(36)24(18-37)32(39)49-27/h8,11,16,19-21,26H,5-7,9-10,12-15,17,39H2,1-4H3,(H2,38,40)/t20-,21+,26+,36+/m1/s1. The number of nitrogens with two attached hydrogens (primary N) is 2. The van der Waals surface area contributed by atoms with Crippen LogP contribution >= 0.6 is 11.3 Å². The van der Waals surface area contributed by atoms with E-state index in [9.17, 15) is 5.26 Å². The summed E-state index contributed by atoms with van der Waals surface area (Å²) in [6, 6.07) is 6.71. The second kappa shape index (κ2) is 12.1. The minimum atomic E-state index is -0.427. The number of pyridine rings is 1. The molecular weight excluding hydrogens is 635 g/mol. The predicted molar refractivity (Wildman–Crippen MR) is 191 cm³/mol. The summed E-state index contributed by atoms with van der Waals surface area (Å²) >= 11 is 1.55. The average Bonchev–Trinajstić information content (AvgIpc) is 3.90. The van der Waals surface area contributed by atoms with Crippen molar-refractivity contribution in [2.75, 3.05) is 36.5 Å². The molecule has 1 saturated heterocycles. The lowest BCUT2D eigenvalue weighted by molar-refractivity contribution is 0.232. The van der Waals surface area contributed by atoms with Crippen LogP contribution in [0, 0.1) is 11.3 Å². The van der Waals surface area contributed by atoms with Gasteiger partial charge in [-0.25, -0.2) is 19.6 Å². The molecule has 4 atom stereocenters. The number of thiophene rings is 1. The molecule has 12 nitrogen and oxygen atoms in total. The van der Waals surface area contributed by atoms with Crippen molar-refractivity contribution in [1.82, 2.24) is 34.8 Å². The van der Waals surface area contributed by atoms with Crippen LogP contribution in [0.2, 0.25) is 0 Å². The SMILES string of the molecule is CCN(c1nc(-c2noc3c2CCC[C@@]32CCCc3sc(N)c(C#N)c32)nc2c1cnn2[C@@H](C)[C@@H]1CCCN1C)[C@H](C)c1cccnc1N. The molecule has 0 amide bonds. The number of rotatable bonds is 7. The highest BCUT2D eigenvalue weighted by Crippen LogP contribution is 2.55. The van der Waals surface area contributed by atoms with Gasteiger partial charge in [-0.05, 0) is 97.4 Å². The minimum absolute atomic E-state index is 0.102. The van der Waals surface area contributed by atoms with E-state index in [1.165, 1.54) is 11.3 Å². The molecule has 1 fully saturated rings. The lowest BCUT2D eigenvalue weighted by Crippen LogP contribution is -2.35. The molecular formula is C36H43N11OS. The second-order valence-electron chi connectivity index (χ2n) is 13.9. The third-order valence-electron chi connectivity index (χ3n) is 11.4. The molecule has 3 aliphatic rings. The molecule has 49 heavy (non-hydrogen) atoms. The smallest absolute Gasteiger partial charge is 0.186 e. The van der Waals surface area contributed by atoms with Gasteiger partial charge in [-0.1, -0.05) is 11.2 Å². The van der Waals surface area contributed by atoms with Crippen LogP contribution in [0.1, 0.15) is 104 Å². The van der Waals surface area contributed by atoms with E-state index in [0.29, 0.717) is 40.5 Å². The van der Waals surface area contributed by atoms with Gasteiger partial charge < -0.3 is 25.8 Å². The van der Waals surface area contributed by atoms with Gasteiger partial charge >= 0.3 is 0 Å². The highest BCUT2D eigenvalue weighted by Gasteiger charge is 2.49. The molecule has 254 valence electrons. The van der Waals surface area contributed by atoms with Crippen LogP contribution in [0.15, 0.2) is 29.0 Å². The summed E-state index contributed by atoms with van der Waals surface area (Å²) in [5, 5.41) is 21.4. The third kappa shape index (κ3) is 4.82. The molecule has 2 aliphatic carbocycles. The van der Waals surface area contributed by atoms with Crippen LogP contribution in [0.4, 0.5) is 16.6 Å².